The summed E-state index contributed by atoms with van der Waals surface area (Å²) in [5.41, 5.74) is 3.23. The van der Waals surface area contributed by atoms with Gasteiger partial charge in [-0.05, 0) is 55.4 Å². The normalized spacial score (nSPS) is 12.9. The summed E-state index contributed by atoms with van der Waals surface area (Å²) in [6.07, 6.45) is 1.81. The summed E-state index contributed by atoms with van der Waals surface area (Å²) in [5.74, 6) is -0.297. The van der Waals surface area contributed by atoms with E-state index in [1.807, 2.05) is 19.2 Å². The molecule has 23 heavy (non-hydrogen) atoms. The highest BCUT2D eigenvalue weighted by molar-refractivity contribution is 7.72. The minimum atomic E-state index is -2.66. The number of halogens is 1. The zero-order valence-corrected chi connectivity index (χ0v) is 13.7. The molecule has 1 aromatic heterocycles. The molecule has 0 aliphatic heterocycles. The molecule has 1 heterocycles. The van der Waals surface area contributed by atoms with Gasteiger partial charge in [0.2, 0.25) is 0 Å². The number of nitrogens with one attached hydrogen (secondary N) is 2. The number of hydrogen-bond donors (Lipinski definition) is 3. The number of aromatic amines is 1. The van der Waals surface area contributed by atoms with Crippen LogP contribution in [0.25, 0.3) is 22.0 Å². The lowest BCUT2D eigenvalue weighted by Crippen LogP contribution is -2.14. The minimum absolute atomic E-state index is 0.0968. The molecule has 0 unspecified atom stereocenters. The Kier molecular flexibility index (Phi) is 4.19. The van der Waals surface area contributed by atoms with Gasteiger partial charge in [0.1, 0.15) is 5.82 Å². The average molecular weight is 332 g/mol. The summed E-state index contributed by atoms with van der Waals surface area (Å²) in [6, 6.07) is 9.75. The van der Waals surface area contributed by atoms with Crippen molar-refractivity contribution in [1.82, 2.24) is 10.3 Å². The van der Waals surface area contributed by atoms with Crippen LogP contribution in [-0.4, -0.2) is 20.4 Å². The predicted octanol–water partition coefficient (Wildman–Crippen LogP) is 3.22. The molecule has 0 spiro atoms. The maximum atomic E-state index is 13.3. The highest BCUT2D eigenvalue weighted by Crippen LogP contribution is 2.32. The van der Waals surface area contributed by atoms with Crippen molar-refractivity contribution in [3.8, 4) is 11.1 Å². The van der Waals surface area contributed by atoms with Crippen molar-refractivity contribution >= 4 is 21.6 Å². The van der Waals surface area contributed by atoms with Crippen LogP contribution in [0.3, 0.4) is 0 Å². The molecule has 0 amide bonds. The molecule has 0 radical (unpaired) electrons. The van der Waals surface area contributed by atoms with Crippen LogP contribution in [-0.2, 0) is 10.7 Å². The number of rotatable bonds is 4. The standard InChI is InChI=1S/C17H17FN2O2S/c1-10(19-2)14-7-11(3-6-17(14)23(21)22)15-9-20-16-8-12(18)4-5-13(15)16/h3-10,19-20,23H,1-2H3/t10-/m1/s1. The first kappa shape index (κ1) is 15.7. The Balaban J connectivity index is 2.19. The van der Waals surface area contributed by atoms with Crippen LogP contribution in [0.2, 0.25) is 0 Å². The van der Waals surface area contributed by atoms with E-state index in [0.29, 0.717) is 10.4 Å². The first-order valence-corrected chi connectivity index (χ1v) is 8.41. The van der Waals surface area contributed by atoms with Gasteiger partial charge < -0.3 is 10.3 Å². The number of fused-ring (bicyclic) bond motifs is 1. The van der Waals surface area contributed by atoms with Gasteiger partial charge >= 0.3 is 0 Å². The Morgan fingerprint density at radius 2 is 1.96 bits per heavy atom. The van der Waals surface area contributed by atoms with Crippen LogP contribution in [0.4, 0.5) is 4.39 Å². The molecule has 6 heteroatoms. The molecular formula is C17H17FN2O2S. The van der Waals surface area contributed by atoms with E-state index in [1.165, 1.54) is 12.1 Å². The average Bonchev–Trinajstić information content (AvgIpc) is 2.96. The molecular weight excluding hydrogens is 315 g/mol. The smallest absolute Gasteiger partial charge is 0.168 e. The van der Waals surface area contributed by atoms with Crippen LogP contribution in [0.1, 0.15) is 18.5 Å². The van der Waals surface area contributed by atoms with E-state index in [9.17, 15) is 12.8 Å². The second-order valence-corrected chi connectivity index (χ2v) is 6.43. The third-order valence-electron chi connectivity index (χ3n) is 4.08. The van der Waals surface area contributed by atoms with E-state index in [0.717, 1.165) is 22.1 Å². The lowest BCUT2D eigenvalue weighted by atomic mass is 9.99. The maximum absolute atomic E-state index is 13.3. The summed E-state index contributed by atoms with van der Waals surface area (Å²) in [5, 5.41) is 3.97. The molecule has 0 aliphatic carbocycles. The second-order valence-electron chi connectivity index (χ2n) is 5.43. The van der Waals surface area contributed by atoms with E-state index >= 15 is 0 Å². The van der Waals surface area contributed by atoms with Gasteiger partial charge in [0, 0.05) is 28.7 Å². The van der Waals surface area contributed by atoms with E-state index < -0.39 is 10.7 Å². The van der Waals surface area contributed by atoms with Gasteiger partial charge in [-0.15, -0.1) is 0 Å². The first-order chi connectivity index (χ1) is 11.0. The Hall–Kier alpha value is -2.18. The van der Waals surface area contributed by atoms with Gasteiger partial charge in [0.25, 0.3) is 0 Å². The first-order valence-electron chi connectivity index (χ1n) is 7.24. The van der Waals surface area contributed by atoms with Crippen LogP contribution < -0.4 is 5.32 Å². The third-order valence-corrected chi connectivity index (χ3v) is 4.88. The van der Waals surface area contributed by atoms with E-state index in [2.05, 4.69) is 10.3 Å². The molecule has 0 saturated carbocycles. The Morgan fingerprint density at radius 1 is 1.17 bits per heavy atom. The summed E-state index contributed by atoms with van der Waals surface area (Å²) < 4.78 is 36.2. The molecule has 1 atom stereocenters. The van der Waals surface area contributed by atoms with Gasteiger partial charge in [-0.1, -0.05) is 6.07 Å². The fourth-order valence-corrected chi connectivity index (χ4v) is 3.39. The number of benzene rings is 2. The fourth-order valence-electron chi connectivity index (χ4n) is 2.73. The number of hydrogen-bond acceptors (Lipinski definition) is 3. The van der Waals surface area contributed by atoms with Gasteiger partial charge in [0.05, 0.1) is 4.90 Å². The topological polar surface area (TPSA) is 62.0 Å². The SMILES string of the molecule is CN[C@H](C)c1cc(-c2c[nH]c3cc(F)ccc23)ccc1[SH](=O)=O. The summed E-state index contributed by atoms with van der Waals surface area (Å²) in [6.45, 7) is 1.91. The Labute approximate surface area is 135 Å². The van der Waals surface area contributed by atoms with Crippen molar-refractivity contribution in [2.75, 3.05) is 7.05 Å². The van der Waals surface area contributed by atoms with Gasteiger partial charge in [0.15, 0.2) is 10.7 Å². The summed E-state index contributed by atoms with van der Waals surface area (Å²) in [7, 11) is -0.876. The van der Waals surface area contributed by atoms with Gasteiger partial charge in [-0.2, -0.15) is 0 Å². The van der Waals surface area contributed by atoms with Crippen molar-refractivity contribution < 1.29 is 12.8 Å². The Bertz CT molecular complexity index is 939. The maximum Gasteiger partial charge on any atom is 0.168 e. The second kappa shape index (κ2) is 6.14. The van der Waals surface area contributed by atoms with E-state index in [1.54, 1.807) is 25.2 Å². The number of H-pyrrole nitrogens is 1. The van der Waals surface area contributed by atoms with Crippen LogP contribution >= 0.6 is 0 Å². The molecule has 2 N–H and O–H groups in total. The molecule has 0 fully saturated rings. The van der Waals surface area contributed by atoms with Crippen molar-refractivity contribution in [2.45, 2.75) is 17.9 Å². The van der Waals surface area contributed by atoms with Crippen molar-refractivity contribution in [3.05, 3.63) is 54.0 Å². The zero-order chi connectivity index (χ0) is 16.6. The van der Waals surface area contributed by atoms with Crippen molar-refractivity contribution in [3.63, 3.8) is 0 Å². The summed E-state index contributed by atoms with van der Waals surface area (Å²) in [4.78, 5) is 3.37. The molecule has 120 valence electrons. The van der Waals surface area contributed by atoms with E-state index in [-0.39, 0.29) is 11.9 Å². The number of thiol groups is 1. The van der Waals surface area contributed by atoms with Crippen LogP contribution in [0, 0.1) is 5.82 Å². The van der Waals surface area contributed by atoms with E-state index in [4.69, 9.17) is 0 Å². The van der Waals surface area contributed by atoms with Crippen LogP contribution in [0.5, 0.6) is 0 Å². The van der Waals surface area contributed by atoms with Gasteiger partial charge in [-0.3, -0.25) is 0 Å². The molecule has 3 aromatic rings. The molecule has 2 aromatic carbocycles. The molecule has 0 saturated heterocycles. The molecule has 3 rings (SSSR count). The largest absolute Gasteiger partial charge is 0.360 e. The predicted molar refractivity (Wildman–Crippen MR) is 89.7 cm³/mol. The highest BCUT2D eigenvalue weighted by Gasteiger charge is 2.14. The molecule has 0 aliphatic rings. The summed E-state index contributed by atoms with van der Waals surface area (Å²) >= 11 is 0. The fraction of sp³-hybridized carbons (Fsp3) is 0.176. The monoisotopic (exact) mass is 332 g/mol. The quantitative estimate of drug-likeness (QED) is 0.643. The lowest BCUT2D eigenvalue weighted by Gasteiger charge is -2.14. The van der Waals surface area contributed by atoms with Crippen molar-refractivity contribution in [1.29, 1.82) is 0 Å². The number of aromatic nitrogens is 1. The van der Waals surface area contributed by atoms with Crippen LogP contribution in [0.15, 0.2) is 47.5 Å². The van der Waals surface area contributed by atoms with Crippen molar-refractivity contribution in [2.24, 2.45) is 0 Å². The molecule has 4 nitrogen and oxygen atoms in total. The Morgan fingerprint density at radius 3 is 2.65 bits per heavy atom. The zero-order valence-electron chi connectivity index (χ0n) is 12.8. The van der Waals surface area contributed by atoms with Gasteiger partial charge in [-0.25, -0.2) is 12.8 Å². The molecule has 0 bridgehead atoms. The lowest BCUT2D eigenvalue weighted by molar-refractivity contribution is 0.604. The highest BCUT2D eigenvalue weighted by atomic mass is 32.2. The third kappa shape index (κ3) is 2.87. The minimum Gasteiger partial charge on any atom is -0.360 e.